The lowest BCUT2D eigenvalue weighted by atomic mass is 9.85. The van der Waals surface area contributed by atoms with Crippen LogP contribution in [0.4, 0.5) is 0 Å². The highest BCUT2D eigenvalue weighted by Gasteiger charge is 2.20. The summed E-state index contributed by atoms with van der Waals surface area (Å²) >= 11 is 0. The quantitative estimate of drug-likeness (QED) is 0.311. The molecule has 2 aromatic carbocycles. The Bertz CT molecular complexity index is 873. The van der Waals surface area contributed by atoms with Crippen molar-refractivity contribution in [3.8, 4) is 5.69 Å². The number of halogens is 1. The molecular formula is C22H28IN5. The fraction of sp³-hybridized carbons (Fsp3) is 0.273. The van der Waals surface area contributed by atoms with Gasteiger partial charge in [0.1, 0.15) is 0 Å². The van der Waals surface area contributed by atoms with Crippen LogP contribution in [0.2, 0.25) is 0 Å². The number of hydrogen-bond donors (Lipinski definition) is 2. The van der Waals surface area contributed by atoms with Gasteiger partial charge in [0.15, 0.2) is 5.96 Å². The van der Waals surface area contributed by atoms with E-state index in [-0.39, 0.29) is 29.4 Å². The SMILES string of the molecule is CN=C(NCc1cccc(-n2cccn2)c1)NCC(C)(C)c1ccccc1.I. The van der Waals surface area contributed by atoms with Crippen LogP contribution in [0.5, 0.6) is 0 Å². The molecule has 3 rings (SSSR count). The zero-order chi connectivity index (χ0) is 19.1. The molecule has 3 aromatic rings. The highest BCUT2D eigenvalue weighted by Crippen LogP contribution is 2.21. The fourth-order valence-electron chi connectivity index (χ4n) is 2.93. The summed E-state index contributed by atoms with van der Waals surface area (Å²) in [5, 5.41) is 11.1. The largest absolute Gasteiger partial charge is 0.356 e. The van der Waals surface area contributed by atoms with Gasteiger partial charge in [-0.2, -0.15) is 5.10 Å². The van der Waals surface area contributed by atoms with Crippen LogP contribution in [0, 0.1) is 0 Å². The molecule has 0 saturated carbocycles. The second kappa shape index (κ2) is 10.3. The maximum absolute atomic E-state index is 4.35. The van der Waals surface area contributed by atoms with Crippen LogP contribution >= 0.6 is 24.0 Å². The van der Waals surface area contributed by atoms with Gasteiger partial charge >= 0.3 is 0 Å². The molecule has 6 heteroatoms. The number of aromatic nitrogens is 2. The highest BCUT2D eigenvalue weighted by atomic mass is 127. The first kappa shape index (κ1) is 21.9. The van der Waals surface area contributed by atoms with Gasteiger partial charge in [0.05, 0.1) is 5.69 Å². The topological polar surface area (TPSA) is 54.2 Å². The zero-order valence-corrected chi connectivity index (χ0v) is 18.9. The first-order chi connectivity index (χ1) is 13.1. The van der Waals surface area contributed by atoms with Gasteiger partial charge in [-0.3, -0.25) is 4.99 Å². The lowest BCUT2D eigenvalue weighted by molar-refractivity contribution is 0.508. The molecular weight excluding hydrogens is 461 g/mol. The Morgan fingerprint density at radius 1 is 1.04 bits per heavy atom. The van der Waals surface area contributed by atoms with E-state index < -0.39 is 0 Å². The van der Waals surface area contributed by atoms with Gasteiger partial charge in [0.2, 0.25) is 0 Å². The van der Waals surface area contributed by atoms with Crippen molar-refractivity contribution in [1.29, 1.82) is 0 Å². The molecule has 148 valence electrons. The van der Waals surface area contributed by atoms with E-state index in [0.717, 1.165) is 18.2 Å². The van der Waals surface area contributed by atoms with E-state index in [1.165, 1.54) is 11.1 Å². The second-order valence-corrected chi connectivity index (χ2v) is 7.15. The Morgan fingerprint density at radius 2 is 1.82 bits per heavy atom. The van der Waals surface area contributed by atoms with Crippen molar-refractivity contribution in [3.05, 3.63) is 84.2 Å². The predicted molar refractivity (Wildman–Crippen MR) is 127 cm³/mol. The number of hydrogen-bond acceptors (Lipinski definition) is 2. The molecule has 1 heterocycles. The maximum atomic E-state index is 4.35. The molecule has 0 fully saturated rings. The van der Waals surface area contributed by atoms with E-state index in [0.29, 0.717) is 6.54 Å². The van der Waals surface area contributed by atoms with Crippen LogP contribution in [0.1, 0.15) is 25.0 Å². The highest BCUT2D eigenvalue weighted by molar-refractivity contribution is 14.0. The normalized spacial score (nSPS) is 11.6. The van der Waals surface area contributed by atoms with Crippen molar-refractivity contribution in [2.75, 3.05) is 13.6 Å². The van der Waals surface area contributed by atoms with Gasteiger partial charge in [0.25, 0.3) is 0 Å². The Morgan fingerprint density at radius 3 is 2.50 bits per heavy atom. The van der Waals surface area contributed by atoms with Gasteiger partial charge in [-0.15, -0.1) is 24.0 Å². The molecule has 0 radical (unpaired) electrons. The third-order valence-corrected chi connectivity index (χ3v) is 4.62. The molecule has 28 heavy (non-hydrogen) atoms. The van der Waals surface area contributed by atoms with Crippen molar-refractivity contribution in [2.45, 2.75) is 25.8 Å². The molecule has 0 spiro atoms. The summed E-state index contributed by atoms with van der Waals surface area (Å²) in [6, 6.07) is 20.8. The summed E-state index contributed by atoms with van der Waals surface area (Å²) in [6.45, 7) is 5.96. The number of benzene rings is 2. The van der Waals surface area contributed by atoms with Crippen molar-refractivity contribution >= 4 is 29.9 Å². The zero-order valence-electron chi connectivity index (χ0n) is 16.6. The van der Waals surface area contributed by atoms with Crippen LogP contribution in [0.25, 0.3) is 5.69 Å². The molecule has 0 atom stereocenters. The molecule has 0 amide bonds. The van der Waals surface area contributed by atoms with Crippen molar-refractivity contribution in [1.82, 2.24) is 20.4 Å². The van der Waals surface area contributed by atoms with Crippen LogP contribution in [-0.4, -0.2) is 29.3 Å². The van der Waals surface area contributed by atoms with Gasteiger partial charge in [-0.05, 0) is 29.3 Å². The van der Waals surface area contributed by atoms with E-state index in [9.17, 15) is 0 Å². The number of rotatable bonds is 6. The van der Waals surface area contributed by atoms with Crippen LogP contribution in [-0.2, 0) is 12.0 Å². The Labute approximate surface area is 184 Å². The van der Waals surface area contributed by atoms with Crippen LogP contribution < -0.4 is 10.6 Å². The molecule has 0 aliphatic rings. The molecule has 0 unspecified atom stereocenters. The summed E-state index contributed by atoms with van der Waals surface area (Å²) in [6.07, 6.45) is 3.73. The molecule has 0 aliphatic heterocycles. The van der Waals surface area contributed by atoms with E-state index in [1.54, 1.807) is 13.2 Å². The molecule has 0 saturated heterocycles. The smallest absolute Gasteiger partial charge is 0.191 e. The van der Waals surface area contributed by atoms with Gasteiger partial charge < -0.3 is 10.6 Å². The predicted octanol–water partition coefficient (Wildman–Crippen LogP) is 4.13. The van der Waals surface area contributed by atoms with Gasteiger partial charge in [-0.1, -0.05) is 56.3 Å². The van der Waals surface area contributed by atoms with Crippen LogP contribution in [0.3, 0.4) is 0 Å². The number of nitrogens with one attached hydrogen (secondary N) is 2. The molecule has 0 aliphatic carbocycles. The van der Waals surface area contributed by atoms with Crippen molar-refractivity contribution < 1.29 is 0 Å². The monoisotopic (exact) mass is 489 g/mol. The summed E-state index contributed by atoms with van der Waals surface area (Å²) in [5.74, 6) is 0.795. The van der Waals surface area contributed by atoms with Crippen molar-refractivity contribution in [3.63, 3.8) is 0 Å². The van der Waals surface area contributed by atoms with E-state index in [2.05, 4.69) is 71.0 Å². The lowest BCUT2D eigenvalue weighted by Gasteiger charge is -2.26. The minimum absolute atomic E-state index is 0. The average Bonchev–Trinajstić information content (AvgIpc) is 3.24. The standard InChI is InChI=1S/C22H27N5.HI/c1-22(2,19-10-5-4-6-11-19)17-25-21(23-3)24-16-18-9-7-12-20(15-18)27-14-8-13-26-27;/h4-15H,16-17H2,1-3H3,(H2,23,24,25);1H. The minimum atomic E-state index is 0. The third kappa shape index (κ3) is 5.82. The summed E-state index contributed by atoms with van der Waals surface area (Å²) in [5.41, 5.74) is 3.54. The molecule has 5 nitrogen and oxygen atoms in total. The Kier molecular flexibility index (Phi) is 8.04. The third-order valence-electron chi connectivity index (χ3n) is 4.62. The maximum Gasteiger partial charge on any atom is 0.191 e. The molecule has 2 N–H and O–H groups in total. The molecule has 0 bridgehead atoms. The first-order valence-corrected chi connectivity index (χ1v) is 9.17. The summed E-state index contributed by atoms with van der Waals surface area (Å²) in [7, 11) is 1.80. The lowest BCUT2D eigenvalue weighted by Crippen LogP contribution is -2.43. The number of aliphatic imine (C=N–C) groups is 1. The van der Waals surface area contributed by atoms with E-state index in [4.69, 9.17) is 0 Å². The minimum Gasteiger partial charge on any atom is -0.356 e. The van der Waals surface area contributed by atoms with Gasteiger partial charge in [0, 0.05) is 37.9 Å². The summed E-state index contributed by atoms with van der Waals surface area (Å²) in [4.78, 5) is 4.35. The number of guanidine groups is 1. The fourth-order valence-corrected chi connectivity index (χ4v) is 2.93. The average molecular weight is 489 g/mol. The second-order valence-electron chi connectivity index (χ2n) is 7.15. The molecule has 1 aromatic heterocycles. The van der Waals surface area contributed by atoms with Gasteiger partial charge in [-0.25, -0.2) is 4.68 Å². The van der Waals surface area contributed by atoms with E-state index in [1.807, 2.05) is 35.1 Å². The summed E-state index contributed by atoms with van der Waals surface area (Å²) < 4.78 is 1.86. The number of nitrogens with zero attached hydrogens (tertiary/aromatic N) is 3. The Balaban J connectivity index is 0.00000280. The first-order valence-electron chi connectivity index (χ1n) is 9.17. The van der Waals surface area contributed by atoms with Crippen molar-refractivity contribution in [2.24, 2.45) is 4.99 Å². The Hall–Kier alpha value is -2.35. The van der Waals surface area contributed by atoms with Crippen LogP contribution in [0.15, 0.2) is 78.0 Å². The van der Waals surface area contributed by atoms with E-state index >= 15 is 0 Å².